The fourth-order valence-corrected chi connectivity index (χ4v) is 3.37. The van der Waals surface area contributed by atoms with E-state index >= 15 is 0 Å². The highest BCUT2D eigenvalue weighted by Gasteiger charge is 2.27. The lowest BCUT2D eigenvalue weighted by Gasteiger charge is -2.24. The van der Waals surface area contributed by atoms with Crippen molar-refractivity contribution >= 4 is 28.9 Å². The highest BCUT2D eigenvalue weighted by Crippen LogP contribution is 2.23. The van der Waals surface area contributed by atoms with Gasteiger partial charge in [-0.1, -0.05) is 24.8 Å². The van der Waals surface area contributed by atoms with E-state index in [1.807, 2.05) is 24.3 Å². The summed E-state index contributed by atoms with van der Waals surface area (Å²) in [5, 5.41) is 21.6. The SMILES string of the molecule is C=C(C)C(=O)N[C@@H](CCC(=O)OCCc1ccc(O)c(-n2nc3ccccc3n2)c1)C(=O)OC(C)(C)C. The Morgan fingerprint density at radius 1 is 1.11 bits per heavy atom. The van der Waals surface area contributed by atoms with Gasteiger partial charge in [-0.05, 0) is 63.9 Å². The third-order valence-corrected chi connectivity index (χ3v) is 5.22. The van der Waals surface area contributed by atoms with E-state index in [1.54, 1.807) is 32.9 Å². The molecule has 0 aliphatic heterocycles. The van der Waals surface area contributed by atoms with Gasteiger partial charge in [-0.15, -0.1) is 15.0 Å². The van der Waals surface area contributed by atoms with Crippen molar-refractivity contribution in [1.29, 1.82) is 0 Å². The number of nitrogens with one attached hydrogen (secondary N) is 1. The van der Waals surface area contributed by atoms with E-state index < -0.39 is 29.5 Å². The minimum absolute atomic E-state index is 0.0195. The van der Waals surface area contributed by atoms with E-state index in [-0.39, 0.29) is 30.8 Å². The largest absolute Gasteiger partial charge is 0.506 e. The summed E-state index contributed by atoms with van der Waals surface area (Å²) in [6.07, 6.45) is 0.321. The highest BCUT2D eigenvalue weighted by molar-refractivity contribution is 5.95. The number of fused-ring (bicyclic) bond motifs is 1. The minimum Gasteiger partial charge on any atom is -0.506 e. The van der Waals surface area contributed by atoms with Gasteiger partial charge in [-0.2, -0.15) is 0 Å². The van der Waals surface area contributed by atoms with Crippen LogP contribution in [0.2, 0.25) is 0 Å². The number of carbonyl (C=O) groups excluding carboxylic acids is 3. The summed E-state index contributed by atoms with van der Waals surface area (Å²) in [7, 11) is 0. The number of ether oxygens (including phenoxy) is 2. The number of hydrogen-bond acceptors (Lipinski definition) is 8. The Labute approximate surface area is 215 Å². The number of phenols is 1. The first kappa shape index (κ1) is 27.4. The second-order valence-corrected chi connectivity index (χ2v) is 9.65. The standard InChI is InChI=1S/C27H32N4O6/c1-17(2)25(34)28-21(26(35)37-27(3,4)5)11-13-24(33)36-15-14-18-10-12-23(32)22(16-18)31-29-19-8-6-7-9-20(19)30-31/h6-10,12,16,21,32H,1,11,13-15H2,2-5H3,(H,28,34)/t21-/m0/s1. The number of amides is 1. The lowest BCUT2D eigenvalue weighted by Crippen LogP contribution is -2.44. The molecular weight excluding hydrogens is 476 g/mol. The zero-order valence-corrected chi connectivity index (χ0v) is 21.5. The third-order valence-electron chi connectivity index (χ3n) is 5.22. The predicted octanol–water partition coefficient (Wildman–Crippen LogP) is 3.39. The van der Waals surface area contributed by atoms with Crippen LogP contribution in [0.15, 0.2) is 54.6 Å². The molecule has 0 bridgehead atoms. The molecule has 1 aromatic heterocycles. The molecule has 2 N–H and O–H groups in total. The molecule has 10 heteroatoms. The molecule has 0 fully saturated rings. The Hall–Kier alpha value is -4.21. The zero-order valence-electron chi connectivity index (χ0n) is 21.5. The average Bonchev–Trinajstić information content (AvgIpc) is 3.25. The molecule has 0 aliphatic carbocycles. The Morgan fingerprint density at radius 3 is 2.35 bits per heavy atom. The van der Waals surface area contributed by atoms with E-state index in [2.05, 4.69) is 22.1 Å². The van der Waals surface area contributed by atoms with Gasteiger partial charge in [0, 0.05) is 18.4 Å². The van der Waals surface area contributed by atoms with Gasteiger partial charge in [0.15, 0.2) is 0 Å². The van der Waals surface area contributed by atoms with Crippen LogP contribution < -0.4 is 5.32 Å². The fraction of sp³-hybridized carbons (Fsp3) is 0.370. The summed E-state index contributed by atoms with van der Waals surface area (Å²) in [5.74, 6) is -1.62. The van der Waals surface area contributed by atoms with Crippen molar-refractivity contribution in [3.8, 4) is 11.4 Å². The smallest absolute Gasteiger partial charge is 0.329 e. The molecule has 0 saturated carbocycles. The van der Waals surface area contributed by atoms with Crippen molar-refractivity contribution in [2.24, 2.45) is 0 Å². The van der Waals surface area contributed by atoms with Crippen LogP contribution >= 0.6 is 0 Å². The van der Waals surface area contributed by atoms with Gasteiger partial charge in [-0.25, -0.2) is 4.79 Å². The normalized spacial score (nSPS) is 12.1. The molecule has 0 spiro atoms. The first-order valence-electron chi connectivity index (χ1n) is 11.9. The van der Waals surface area contributed by atoms with Crippen LogP contribution in [0.1, 0.15) is 46.1 Å². The number of hydrogen-bond donors (Lipinski definition) is 2. The van der Waals surface area contributed by atoms with E-state index in [0.29, 0.717) is 23.1 Å². The Kier molecular flexibility index (Phi) is 8.65. The molecule has 0 saturated heterocycles. The minimum atomic E-state index is -1.01. The maximum atomic E-state index is 12.5. The number of aromatic nitrogens is 3. The van der Waals surface area contributed by atoms with Crippen molar-refractivity contribution in [2.75, 3.05) is 6.61 Å². The van der Waals surface area contributed by atoms with E-state index in [9.17, 15) is 19.5 Å². The van der Waals surface area contributed by atoms with Crippen LogP contribution in [-0.2, 0) is 30.3 Å². The predicted molar refractivity (Wildman–Crippen MR) is 137 cm³/mol. The first-order chi connectivity index (χ1) is 17.4. The lowest BCUT2D eigenvalue weighted by molar-refractivity contribution is -0.159. The molecule has 1 amide bonds. The average molecular weight is 509 g/mol. The first-order valence-corrected chi connectivity index (χ1v) is 11.9. The van der Waals surface area contributed by atoms with Gasteiger partial charge < -0.3 is 19.9 Å². The van der Waals surface area contributed by atoms with Crippen molar-refractivity contribution in [3.05, 3.63) is 60.2 Å². The van der Waals surface area contributed by atoms with Gasteiger partial charge in [0.2, 0.25) is 5.91 Å². The molecule has 10 nitrogen and oxygen atoms in total. The monoisotopic (exact) mass is 508 g/mol. The van der Waals surface area contributed by atoms with Crippen LogP contribution in [0, 0.1) is 0 Å². The third kappa shape index (κ3) is 7.89. The molecule has 3 rings (SSSR count). The van der Waals surface area contributed by atoms with Gasteiger partial charge in [0.05, 0.1) is 6.61 Å². The topological polar surface area (TPSA) is 133 Å². The maximum absolute atomic E-state index is 12.5. The van der Waals surface area contributed by atoms with E-state index in [4.69, 9.17) is 9.47 Å². The lowest BCUT2D eigenvalue weighted by atomic mass is 10.1. The Bertz CT molecular complexity index is 1270. The van der Waals surface area contributed by atoms with Crippen molar-refractivity contribution in [2.45, 2.75) is 58.6 Å². The molecule has 2 aromatic carbocycles. The number of aromatic hydroxyl groups is 1. The molecular formula is C27H32N4O6. The summed E-state index contributed by atoms with van der Waals surface area (Å²) in [6, 6.07) is 11.4. The molecule has 37 heavy (non-hydrogen) atoms. The van der Waals surface area contributed by atoms with Crippen molar-refractivity contribution < 1.29 is 29.0 Å². The number of benzene rings is 2. The number of esters is 2. The summed E-state index contributed by atoms with van der Waals surface area (Å²) >= 11 is 0. The molecule has 1 heterocycles. The molecule has 196 valence electrons. The number of phenolic OH excluding ortho intramolecular Hbond substituents is 1. The van der Waals surface area contributed by atoms with Crippen LogP contribution in [0.3, 0.4) is 0 Å². The molecule has 0 radical (unpaired) electrons. The molecule has 1 atom stereocenters. The van der Waals surface area contributed by atoms with E-state index in [0.717, 1.165) is 5.56 Å². The number of rotatable bonds is 10. The number of nitrogens with zero attached hydrogens (tertiary/aromatic N) is 3. The second kappa shape index (κ2) is 11.7. The molecule has 3 aromatic rings. The fourth-order valence-electron chi connectivity index (χ4n) is 3.37. The van der Waals surface area contributed by atoms with Gasteiger partial charge in [-0.3, -0.25) is 9.59 Å². The van der Waals surface area contributed by atoms with Crippen molar-refractivity contribution in [3.63, 3.8) is 0 Å². The van der Waals surface area contributed by atoms with Crippen molar-refractivity contribution in [1.82, 2.24) is 20.3 Å². The number of carbonyl (C=O) groups is 3. The van der Waals surface area contributed by atoms with Crippen LogP contribution in [0.25, 0.3) is 16.7 Å². The Balaban J connectivity index is 1.56. The zero-order chi connectivity index (χ0) is 27.2. The summed E-state index contributed by atoms with van der Waals surface area (Å²) in [4.78, 5) is 38.3. The summed E-state index contributed by atoms with van der Waals surface area (Å²) < 4.78 is 10.7. The van der Waals surface area contributed by atoms with Crippen LogP contribution in [0.5, 0.6) is 5.75 Å². The Morgan fingerprint density at radius 2 is 1.76 bits per heavy atom. The van der Waals surface area contributed by atoms with E-state index in [1.165, 1.54) is 17.8 Å². The summed E-state index contributed by atoms with van der Waals surface area (Å²) in [5.41, 5.74) is 2.11. The quantitative estimate of drug-likeness (QED) is 0.315. The molecule has 0 unspecified atom stereocenters. The van der Waals surface area contributed by atoms with Gasteiger partial charge >= 0.3 is 11.9 Å². The second-order valence-electron chi connectivity index (χ2n) is 9.65. The molecule has 0 aliphatic rings. The maximum Gasteiger partial charge on any atom is 0.329 e. The van der Waals surface area contributed by atoms with Crippen LogP contribution in [-0.4, -0.2) is 56.2 Å². The van der Waals surface area contributed by atoms with Gasteiger partial charge in [0.1, 0.15) is 34.1 Å². The summed E-state index contributed by atoms with van der Waals surface area (Å²) in [6.45, 7) is 10.3. The van der Waals surface area contributed by atoms with Gasteiger partial charge in [0.25, 0.3) is 0 Å². The highest BCUT2D eigenvalue weighted by atomic mass is 16.6. The van der Waals surface area contributed by atoms with Crippen LogP contribution in [0.4, 0.5) is 0 Å².